The molecule has 0 aromatic carbocycles. The van der Waals surface area contributed by atoms with Crippen molar-refractivity contribution in [2.24, 2.45) is 11.8 Å². The van der Waals surface area contributed by atoms with E-state index >= 15 is 0 Å². The van der Waals surface area contributed by atoms with E-state index in [4.69, 9.17) is 5.11 Å². The molecule has 1 fully saturated rings. The van der Waals surface area contributed by atoms with Crippen molar-refractivity contribution in [3.05, 3.63) is 0 Å². The molecule has 0 aromatic rings. The predicted octanol–water partition coefficient (Wildman–Crippen LogP) is 1.35. The van der Waals surface area contributed by atoms with Gasteiger partial charge in [0.05, 0.1) is 6.42 Å². The van der Waals surface area contributed by atoms with E-state index in [1.54, 1.807) is 0 Å². The highest BCUT2D eigenvalue weighted by Crippen LogP contribution is 2.32. The van der Waals surface area contributed by atoms with Crippen molar-refractivity contribution in [3.63, 3.8) is 0 Å². The first-order valence-corrected chi connectivity index (χ1v) is 5.48. The molecule has 1 aliphatic rings. The normalized spacial score (nSPS) is 26.4. The van der Waals surface area contributed by atoms with Crippen molar-refractivity contribution in [2.75, 3.05) is 6.54 Å². The Hall–Kier alpha value is -1.06. The van der Waals surface area contributed by atoms with Crippen molar-refractivity contribution in [1.82, 2.24) is 4.90 Å². The second kappa shape index (κ2) is 4.64. The van der Waals surface area contributed by atoms with Crippen LogP contribution in [0, 0.1) is 11.8 Å². The molecule has 1 N–H and O–H groups in total. The zero-order valence-corrected chi connectivity index (χ0v) is 9.56. The van der Waals surface area contributed by atoms with Crippen molar-refractivity contribution >= 4 is 11.9 Å². The van der Waals surface area contributed by atoms with Gasteiger partial charge in [-0.15, -0.1) is 0 Å². The average Bonchev–Trinajstić information content (AvgIpc) is 2.40. The zero-order valence-electron chi connectivity index (χ0n) is 9.56. The second-order valence-corrected chi connectivity index (χ2v) is 4.48. The topological polar surface area (TPSA) is 57.6 Å². The number of carboxylic acids is 1. The Labute approximate surface area is 90.3 Å². The molecule has 1 aliphatic heterocycles. The lowest BCUT2D eigenvalue weighted by molar-refractivity contribution is -0.138. The summed E-state index contributed by atoms with van der Waals surface area (Å²) in [6.07, 6.45) is 0.494. The second-order valence-electron chi connectivity index (χ2n) is 4.48. The first kappa shape index (κ1) is 12.0. The quantitative estimate of drug-likeness (QED) is 0.767. The first-order valence-electron chi connectivity index (χ1n) is 5.48. The molecular formula is C11H19NO3. The SMILES string of the molecule is CCN1C(=O)C[C@H](CC(=O)O)[C@H]1C(C)C. The Morgan fingerprint density at radius 3 is 2.60 bits per heavy atom. The van der Waals surface area contributed by atoms with E-state index < -0.39 is 5.97 Å². The Morgan fingerprint density at radius 2 is 2.20 bits per heavy atom. The maximum absolute atomic E-state index is 11.6. The van der Waals surface area contributed by atoms with E-state index in [1.807, 2.05) is 25.7 Å². The molecule has 4 heteroatoms. The Kier molecular flexibility index (Phi) is 3.72. The summed E-state index contributed by atoms with van der Waals surface area (Å²) in [7, 11) is 0. The van der Waals surface area contributed by atoms with Gasteiger partial charge >= 0.3 is 5.97 Å². The Morgan fingerprint density at radius 1 is 1.60 bits per heavy atom. The van der Waals surface area contributed by atoms with Crippen molar-refractivity contribution in [3.8, 4) is 0 Å². The van der Waals surface area contributed by atoms with Crippen LogP contribution in [0.25, 0.3) is 0 Å². The third kappa shape index (κ3) is 2.49. The van der Waals surface area contributed by atoms with Gasteiger partial charge in [0.2, 0.25) is 5.91 Å². The molecule has 4 nitrogen and oxygen atoms in total. The molecule has 1 amide bonds. The highest BCUT2D eigenvalue weighted by Gasteiger charge is 2.41. The molecule has 0 aromatic heterocycles. The van der Waals surface area contributed by atoms with E-state index in [2.05, 4.69) is 0 Å². The van der Waals surface area contributed by atoms with Crippen molar-refractivity contribution in [1.29, 1.82) is 0 Å². The number of carboxylic acid groups (broad SMARTS) is 1. The third-order valence-electron chi connectivity index (χ3n) is 3.06. The fourth-order valence-electron chi connectivity index (χ4n) is 2.59. The Bertz CT molecular complexity index is 263. The van der Waals surface area contributed by atoms with Crippen molar-refractivity contribution in [2.45, 2.75) is 39.7 Å². The monoisotopic (exact) mass is 213 g/mol. The first-order chi connectivity index (χ1) is 6.97. The van der Waals surface area contributed by atoms with Crippen molar-refractivity contribution < 1.29 is 14.7 Å². The summed E-state index contributed by atoms with van der Waals surface area (Å²) in [5.74, 6) is -0.408. The number of likely N-dealkylation sites (tertiary alicyclic amines) is 1. The summed E-state index contributed by atoms with van der Waals surface area (Å²) in [5.41, 5.74) is 0. The number of rotatable bonds is 4. The molecule has 0 bridgehead atoms. The van der Waals surface area contributed by atoms with E-state index in [9.17, 15) is 9.59 Å². The number of hydrogen-bond acceptors (Lipinski definition) is 2. The number of nitrogens with zero attached hydrogens (tertiary/aromatic N) is 1. The van der Waals surface area contributed by atoms with Gasteiger partial charge < -0.3 is 10.0 Å². The van der Waals surface area contributed by atoms with Crippen LogP contribution in [0.15, 0.2) is 0 Å². The smallest absolute Gasteiger partial charge is 0.303 e. The van der Waals surface area contributed by atoms with Gasteiger partial charge in [-0.05, 0) is 18.8 Å². The molecule has 0 radical (unpaired) electrons. The lowest BCUT2D eigenvalue weighted by Gasteiger charge is -2.30. The molecule has 0 saturated carbocycles. The standard InChI is InChI=1S/C11H19NO3/c1-4-12-9(13)5-8(6-10(14)15)11(12)7(2)3/h7-8,11H,4-6H2,1-3H3,(H,14,15)/t8-,11-/m1/s1. The van der Waals surface area contributed by atoms with Gasteiger partial charge in [-0.2, -0.15) is 0 Å². The number of carbonyl (C=O) groups excluding carboxylic acids is 1. The summed E-state index contributed by atoms with van der Waals surface area (Å²) in [6.45, 7) is 6.70. The average molecular weight is 213 g/mol. The molecule has 1 saturated heterocycles. The van der Waals surface area contributed by atoms with E-state index in [1.165, 1.54) is 0 Å². The maximum Gasteiger partial charge on any atom is 0.303 e. The van der Waals surface area contributed by atoms with Crippen LogP contribution in [0.2, 0.25) is 0 Å². The van der Waals surface area contributed by atoms with Crippen LogP contribution in [0.5, 0.6) is 0 Å². The summed E-state index contributed by atoms with van der Waals surface area (Å²) in [6, 6.07) is 0.0959. The minimum Gasteiger partial charge on any atom is -0.481 e. The lowest BCUT2D eigenvalue weighted by atomic mass is 9.89. The summed E-state index contributed by atoms with van der Waals surface area (Å²) >= 11 is 0. The van der Waals surface area contributed by atoms with Gasteiger partial charge in [-0.25, -0.2) is 0 Å². The van der Waals surface area contributed by atoms with Gasteiger partial charge in [0.15, 0.2) is 0 Å². The fraction of sp³-hybridized carbons (Fsp3) is 0.818. The minimum absolute atomic E-state index is 0.0186. The molecule has 1 rings (SSSR count). The molecule has 15 heavy (non-hydrogen) atoms. The Balaban J connectivity index is 2.80. The van der Waals surface area contributed by atoms with E-state index in [0.717, 1.165) is 0 Å². The van der Waals surface area contributed by atoms with Crippen LogP contribution < -0.4 is 0 Å². The number of aliphatic carboxylic acids is 1. The molecule has 1 heterocycles. The highest BCUT2D eigenvalue weighted by atomic mass is 16.4. The highest BCUT2D eigenvalue weighted by molar-refractivity contribution is 5.80. The van der Waals surface area contributed by atoms with Gasteiger partial charge in [-0.1, -0.05) is 13.8 Å². The van der Waals surface area contributed by atoms with Gasteiger partial charge in [0, 0.05) is 19.0 Å². The molecule has 0 spiro atoms. The van der Waals surface area contributed by atoms with Crippen LogP contribution in [-0.4, -0.2) is 34.5 Å². The predicted molar refractivity (Wildman–Crippen MR) is 56.4 cm³/mol. The number of hydrogen-bond donors (Lipinski definition) is 1. The van der Waals surface area contributed by atoms with Gasteiger partial charge in [0.25, 0.3) is 0 Å². The van der Waals surface area contributed by atoms with Crippen LogP contribution in [0.1, 0.15) is 33.6 Å². The van der Waals surface area contributed by atoms with Crippen LogP contribution in [0.4, 0.5) is 0 Å². The molecular weight excluding hydrogens is 194 g/mol. The molecule has 2 atom stereocenters. The summed E-state index contributed by atoms with van der Waals surface area (Å²) in [5, 5.41) is 8.79. The summed E-state index contributed by atoms with van der Waals surface area (Å²) < 4.78 is 0. The minimum atomic E-state index is -0.809. The van der Waals surface area contributed by atoms with Gasteiger partial charge in [-0.3, -0.25) is 9.59 Å². The van der Waals surface area contributed by atoms with E-state index in [-0.39, 0.29) is 24.3 Å². The van der Waals surface area contributed by atoms with Crippen LogP contribution >= 0.6 is 0 Å². The largest absolute Gasteiger partial charge is 0.481 e. The maximum atomic E-state index is 11.6. The summed E-state index contributed by atoms with van der Waals surface area (Å²) in [4.78, 5) is 24.2. The molecule has 86 valence electrons. The van der Waals surface area contributed by atoms with Crippen LogP contribution in [0.3, 0.4) is 0 Å². The number of amides is 1. The molecule has 0 unspecified atom stereocenters. The fourth-order valence-corrected chi connectivity index (χ4v) is 2.59. The zero-order chi connectivity index (χ0) is 11.6. The van der Waals surface area contributed by atoms with E-state index in [0.29, 0.717) is 18.9 Å². The number of carbonyl (C=O) groups is 2. The van der Waals surface area contributed by atoms with Crippen LogP contribution in [-0.2, 0) is 9.59 Å². The molecule has 0 aliphatic carbocycles. The third-order valence-corrected chi connectivity index (χ3v) is 3.06. The van der Waals surface area contributed by atoms with Gasteiger partial charge in [0.1, 0.15) is 0 Å². The lowest BCUT2D eigenvalue weighted by Crippen LogP contribution is -2.39.